The molecule has 0 unspecified atom stereocenters. The fourth-order valence-corrected chi connectivity index (χ4v) is 2.67. The Balaban J connectivity index is 1.90. The number of pyridine rings is 1. The van der Waals surface area contributed by atoms with E-state index < -0.39 is 18.0 Å². The molecular weight excluding hydrogens is 336 g/mol. The molecule has 0 spiro atoms. The highest BCUT2D eigenvalue weighted by molar-refractivity contribution is 7.11. The van der Waals surface area contributed by atoms with Gasteiger partial charge < -0.3 is 10.1 Å². The summed E-state index contributed by atoms with van der Waals surface area (Å²) in [7, 11) is 0. The van der Waals surface area contributed by atoms with E-state index in [9.17, 15) is 9.59 Å². The zero-order chi connectivity index (χ0) is 16.8. The highest BCUT2D eigenvalue weighted by Crippen LogP contribution is 2.18. The second kappa shape index (κ2) is 7.89. The first-order valence-electron chi connectivity index (χ1n) is 6.81. The number of hydrogen-bond acceptors (Lipinski definition) is 5. The van der Waals surface area contributed by atoms with Crippen LogP contribution < -0.4 is 5.32 Å². The highest BCUT2D eigenvalue weighted by Gasteiger charge is 2.17. The number of aromatic nitrogens is 1. The molecule has 0 aliphatic heterocycles. The van der Waals surface area contributed by atoms with Crippen molar-refractivity contribution in [3.8, 4) is 0 Å². The zero-order valence-electron chi connectivity index (χ0n) is 12.6. The van der Waals surface area contributed by atoms with Gasteiger partial charge in [0.2, 0.25) is 0 Å². The summed E-state index contributed by atoms with van der Waals surface area (Å²) in [5.74, 6) is -1.06. The van der Waals surface area contributed by atoms with E-state index in [2.05, 4.69) is 10.3 Å². The Morgan fingerprint density at radius 1 is 1.43 bits per heavy atom. The minimum absolute atomic E-state index is 0.174. The van der Waals surface area contributed by atoms with Crippen LogP contribution in [0.5, 0.6) is 0 Å². The van der Waals surface area contributed by atoms with Gasteiger partial charge in [0.1, 0.15) is 0 Å². The largest absolute Gasteiger partial charge is 0.449 e. The Morgan fingerprint density at radius 2 is 2.22 bits per heavy atom. The third-order valence-electron chi connectivity index (χ3n) is 2.95. The van der Waals surface area contributed by atoms with E-state index >= 15 is 0 Å². The van der Waals surface area contributed by atoms with Gasteiger partial charge in [-0.15, -0.1) is 11.3 Å². The summed E-state index contributed by atoms with van der Waals surface area (Å²) in [6.07, 6.45) is 3.54. The summed E-state index contributed by atoms with van der Waals surface area (Å²) in [6.45, 7) is 3.44. The molecule has 2 rings (SSSR count). The molecule has 0 fully saturated rings. The van der Waals surface area contributed by atoms with E-state index in [0.29, 0.717) is 5.69 Å². The Bertz CT molecular complexity index is 742. The minimum Gasteiger partial charge on any atom is -0.449 e. The molecule has 2 aromatic rings. The van der Waals surface area contributed by atoms with Gasteiger partial charge in [-0.05, 0) is 49.1 Å². The summed E-state index contributed by atoms with van der Waals surface area (Å²) in [4.78, 5) is 28.6. The second-order valence-corrected chi connectivity index (χ2v) is 6.02. The van der Waals surface area contributed by atoms with Crippen molar-refractivity contribution >= 4 is 46.6 Å². The lowest BCUT2D eigenvalue weighted by molar-refractivity contribution is -0.148. The lowest BCUT2D eigenvalue weighted by Gasteiger charge is -2.12. The van der Waals surface area contributed by atoms with Gasteiger partial charge in [0.25, 0.3) is 5.91 Å². The molecule has 0 saturated carbocycles. The standard InChI is InChI=1S/C16H15ClN2O3S/c1-10-7-9-23-13(10)5-6-14(20)22-11(2)16(21)19-12-4-3-8-18-15(12)17/h3-9,11H,1-2H3,(H,19,21)/b6-5+/t11-/m0/s1. The molecule has 1 atom stereocenters. The topological polar surface area (TPSA) is 68.3 Å². The van der Waals surface area contributed by atoms with Crippen LogP contribution in [0.3, 0.4) is 0 Å². The predicted octanol–water partition coefficient (Wildman–Crippen LogP) is 3.69. The predicted molar refractivity (Wildman–Crippen MR) is 91.5 cm³/mol. The van der Waals surface area contributed by atoms with Gasteiger partial charge in [-0.25, -0.2) is 9.78 Å². The van der Waals surface area contributed by atoms with E-state index in [4.69, 9.17) is 16.3 Å². The molecule has 1 N–H and O–H groups in total. The Morgan fingerprint density at radius 3 is 2.87 bits per heavy atom. The summed E-state index contributed by atoms with van der Waals surface area (Å²) in [5, 5.41) is 4.67. The van der Waals surface area contributed by atoms with Crippen LogP contribution in [0.1, 0.15) is 17.4 Å². The monoisotopic (exact) mass is 350 g/mol. The Hall–Kier alpha value is -2.18. The summed E-state index contributed by atoms with van der Waals surface area (Å²) in [5.41, 5.74) is 1.45. The smallest absolute Gasteiger partial charge is 0.331 e. The molecule has 0 saturated heterocycles. The SMILES string of the molecule is Cc1ccsc1/C=C/C(=O)O[C@@H](C)C(=O)Nc1cccnc1Cl. The fourth-order valence-electron chi connectivity index (χ4n) is 1.68. The fraction of sp³-hybridized carbons (Fsp3) is 0.188. The van der Waals surface area contributed by atoms with Gasteiger partial charge in [-0.1, -0.05) is 11.6 Å². The highest BCUT2D eigenvalue weighted by atomic mass is 35.5. The first-order chi connectivity index (χ1) is 11.0. The van der Waals surface area contributed by atoms with Crippen molar-refractivity contribution in [1.82, 2.24) is 4.98 Å². The zero-order valence-corrected chi connectivity index (χ0v) is 14.1. The number of nitrogens with zero attached hydrogens (tertiary/aromatic N) is 1. The van der Waals surface area contributed by atoms with Crippen LogP contribution in [0, 0.1) is 6.92 Å². The molecule has 0 aromatic carbocycles. The van der Waals surface area contributed by atoms with Crippen molar-refractivity contribution in [1.29, 1.82) is 0 Å². The average molecular weight is 351 g/mol. The number of carbonyl (C=O) groups excluding carboxylic acids is 2. The van der Waals surface area contributed by atoms with E-state index in [1.54, 1.807) is 18.2 Å². The minimum atomic E-state index is -0.951. The number of hydrogen-bond donors (Lipinski definition) is 1. The number of nitrogens with one attached hydrogen (secondary N) is 1. The molecule has 7 heteroatoms. The van der Waals surface area contributed by atoms with Crippen molar-refractivity contribution in [2.75, 3.05) is 5.32 Å². The number of esters is 1. The van der Waals surface area contributed by atoms with Crippen molar-refractivity contribution in [3.05, 3.63) is 51.4 Å². The van der Waals surface area contributed by atoms with Gasteiger partial charge in [0.15, 0.2) is 11.3 Å². The summed E-state index contributed by atoms with van der Waals surface area (Å²) >= 11 is 7.38. The van der Waals surface area contributed by atoms with Gasteiger partial charge >= 0.3 is 5.97 Å². The Labute approximate surface area is 143 Å². The molecule has 2 aromatic heterocycles. The van der Waals surface area contributed by atoms with Crippen molar-refractivity contribution in [3.63, 3.8) is 0 Å². The number of aryl methyl sites for hydroxylation is 1. The number of carbonyl (C=O) groups is 2. The molecule has 120 valence electrons. The van der Waals surface area contributed by atoms with Crippen LogP contribution in [-0.4, -0.2) is 23.0 Å². The second-order valence-electron chi connectivity index (χ2n) is 4.71. The molecule has 0 bridgehead atoms. The number of anilines is 1. The molecule has 0 aliphatic rings. The maximum atomic E-state index is 12.0. The van der Waals surface area contributed by atoms with Crippen LogP contribution >= 0.6 is 22.9 Å². The quantitative estimate of drug-likeness (QED) is 0.507. The average Bonchev–Trinajstić information content (AvgIpc) is 2.92. The summed E-state index contributed by atoms with van der Waals surface area (Å²) < 4.78 is 5.07. The number of amides is 1. The van der Waals surface area contributed by atoms with E-state index in [0.717, 1.165) is 10.4 Å². The first-order valence-corrected chi connectivity index (χ1v) is 8.07. The first kappa shape index (κ1) is 17.2. The Kier molecular flexibility index (Phi) is 5.90. The van der Waals surface area contributed by atoms with Crippen molar-refractivity contribution in [2.24, 2.45) is 0 Å². The molecule has 0 aliphatic carbocycles. The maximum Gasteiger partial charge on any atom is 0.331 e. The van der Waals surface area contributed by atoms with Crippen LogP contribution in [-0.2, 0) is 14.3 Å². The normalized spacial score (nSPS) is 12.1. The molecule has 1 amide bonds. The molecule has 2 heterocycles. The summed E-state index contributed by atoms with van der Waals surface area (Å²) in [6, 6.07) is 5.22. The lowest BCUT2D eigenvalue weighted by Crippen LogP contribution is -2.29. The maximum absolute atomic E-state index is 12.0. The van der Waals surface area contributed by atoms with E-state index in [1.807, 2.05) is 18.4 Å². The van der Waals surface area contributed by atoms with Gasteiger partial charge in [0, 0.05) is 17.2 Å². The third kappa shape index (κ3) is 4.91. The van der Waals surface area contributed by atoms with Gasteiger partial charge in [0.05, 0.1) is 5.69 Å². The van der Waals surface area contributed by atoms with E-state index in [-0.39, 0.29) is 5.15 Å². The number of rotatable bonds is 5. The number of ether oxygens (including phenoxy) is 1. The van der Waals surface area contributed by atoms with E-state index in [1.165, 1.54) is 30.5 Å². The van der Waals surface area contributed by atoms with Gasteiger partial charge in [-0.3, -0.25) is 4.79 Å². The van der Waals surface area contributed by atoms with Crippen molar-refractivity contribution in [2.45, 2.75) is 20.0 Å². The molecule has 23 heavy (non-hydrogen) atoms. The van der Waals surface area contributed by atoms with Gasteiger partial charge in [-0.2, -0.15) is 0 Å². The number of thiophene rings is 1. The molecule has 0 radical (unpaired) electrons. The lowest BCUT2D eigenvalue weighted by atomic mass is 10.3. The molecule has 5 nitrogen and oxygen atoms in total. The van der Waals surface area contributed by atoms with Crippen LogP contribution in [0.15, 0.2) is 35.9 Å². The van der Waals surface area contributed by atoms with Crippen LogP contribution in [0.2, 0.25) is 5.15 Å². The number of halogens is 1. The molecular formula is C16H15ClN2O3S. The van der Waals surface area contributed by atoms with Crippen molar-refractivity contribution < 1.29 is 14.3 Å². The third-order valence-corrected chi connectivity index (χ3v) is 4.24. The van der Waals surface area contributed by atoms with Crippen LogP contribution in [0.25, 0.3) is 6.08 Å². The van der Waals surface area contributed by atoms with Crippen LogP contribution in [0.4, 0.5) is 5.69 Å².